The van der Waals surface area contributed by atoms with Crippen molar-refractivity contribution in [1.29, 1.82) is 5.41 Å². The first-order valence-corrected chi connectivity index (χ1v) is 7.74. The molecule has 1 atom stereocenters. The number of carbonyl (C=O) groups excluding carboxylic acids is 1. The van der Waals surface area contributed by atoms with Gasteiger partial charge in [0.15, 0.2) is 0 Å². The van der Waals surface area contributed by atoms with Crippen LogP contribution >= 0.6 is 0 Å². The van der Waals surface area contributed by atoms with Gasteiger partial charge in [0.2, 0.25) is 5.91 Å². The highest BCUT2D eigenvalue weighted by molar-refractivity contribution is 5.88. The molecule has 1 heterocycles. The van der Waals surface area contributed by atoms with E-state index >= 15 is 0 Å². The zero-order valence-electron chi connectivity index (χ0n) is 13.3. The molecule has 1 aliphatic rings. The van der Waals surface area contributed by atoms with Crippen molar-refractivity contribution in [2.24, 2.45) is 0 Å². The fraction of sp³-hybridized carbons (Fsp3) is 0.222. The molecular weight excluding hydrogens is 307 g/mol. The summed E-state index contributed by atoms with van der Waals surface area (Å²) in [5.41, 5.74) is 4.23. The van der Waals surface area contributed by atoms with Crippen LogP contribution in [0.5, 0.6) is 0 Å². The second-order valence-electron chi connectivity index (χ2n) is 5.82. The van der Waals surface area contributed by atoms with Crippen molar-refractivity contribution in [2.45, 2.75) is 13.0 Å². The molecule has 6 heteroatoms. The van der Waals surface area contributed by atoms with E-state index in [2.05, 4.69) is 16.0 Å². The summed E-state index contributed by atoms with van der Waals surface area (Å²) in [6, 6.07) is 9.82. The van der Waals surface area contributed by atoms with E-state index in [0.29, 0.717) is 18.7 Å². The minimum absolute atomic E-state index is 0.0319. The summed E-state index contributed by atoms with van der Waals surface area (Å²) in [6.45, 7) is 2.96. The van der Waals surface area contributed by atoms with E-state index in [-0.39, 0.29) is 17.8 Å². The highest BCUT2D eigenvalue weighted by Gasteiger charge is 2.21. The molecule has 0 aromatic heterocycles. The quantitative estimate of drug-likeness (QED) is 0.652. The van der Waals surface area contributed by atoms with Crippen molar-refractivity contribution in [2.75, 3.05) is 18.4 Å². The van der Waals surface area contributed by atoms with E-state index in [9.17, 15) is 9.18 Å². The predicted octanol–water partition coefficient (Wildman–Crippen LogP) is 2.64. The van der Waals surface area contributed by atoms with Crippen LogP contribution in [-0.2, 0) is 4.79 Å². The molecule has 0 bridgehead atoms. The maximum atomic E-state index is 13.0. The van der Waals surface area contributed by atoms with Crippen molar-refractivity contribution >= 4 is 23.5 Å². The molecule has 1 aliphatic heterocycles. The Hall–Kier alpha value is -2.73. The number of amides is 1. The van der Waals surface area contributed by atoms with Gasteiger partial charge in [0, 0.05) is 29.7 Å². The van der Waals surface area contributed by atoms with Crippen molar-refractivity contribution < 1.29 is 9.18 Å². The summed E-state index contributed by atoms with van der Waals surface area (Å²) in [5, 5.41) is 16.9. The van der Waals surface area contributed by atoms with Gasteiger partial charge in [-0.1, -0.05) is 0 Å². The van der Waals surface area contributed by atoms with Crippen LogP contribution in [0.4, 0.5) is 15.8 Å². The number of aryl methyl sites for hydroxylation is 1. The second-order valence-corrected chi connectivity index (χ2v) is 5.82. The minimum atomic E-state index is -0.292. The molecule has 0 radical (unpaired) electrons. The lowest BCUT2D eigenvalue weighted by molar-refractivity contribution is -0.122. The lowest BCUT2D eigenvalue weighted by atomic mass is 9.96. The monoisotopic (exact) mass is 326 g/mol. The standard InChI is InChI=1S/C18H19FN4O/c1-11-6-16(22-14-4-2-13(19)3-5-14)12(8-20)7-15(11)17-9-21-10-18(24)23-17/h2-8,17,20-22H,9-10H2,1H3,(H,23,24). The summed E-state index contributed by atoms with van der Waals surface area (Å²) < 4.78 is 13.0. The van der Waals surface area contributed by atoms with E-state index < -0.39 is 0 Å². The third-order valence-electron chi connectivity index (χ3n) is 4.06. The molecule has 124 valence electrons. The molecule has 4 N–H and O–H groups in total. The highest BCUT2D eigenvalue weighted by Crippen LogP contribution is 2.27. The zero-order valence-corrected chi connectivity index (χ0v) is 13.3. The Morgan fingerprint density at radius 1 is 1.29 bits per heavy atom. The molecule has 1 unspecified atom stereocenters. The molecule has 0 spiro atoms. The number of halogens is 1. The van der Waals surface area contributed by atoms with Crippen LogP contribution in [0.25, 0.3) is 0 Å². The molecular formula is C18H19FN4O. The summed E-state index contributed by atoms with van der Waals surface area (Å²) in [7, 11) is 0. The van der Waals surface area contributed by atoms with Gasteiger partial charge in [0.05, 0.1) is 12.6 Å². The molecule has 2 aromatic rings. The number of hydrogen-bond acceptors (Lipinski definition) is 4. The van der Waals surface area contributed by atoms with Gasteiger partial charge in [0.1, 0.15) is 5.82 Å². The molecule has 1 saturated heterocycles. The Bertz CT molecular complexity index is 773. The first-order valence-electron chi connectivity index (χ1n) is 7.74. The van der Waals surface area contributed by atoms with Gasteiger partial charge in [-0.05, 0) is 54.4 Å². The molecule has 0 saturated carbocycles. The Balaban J connectivity index is 1.91. The molecule has 2 aromatic carbocycles. The largest absolute Gasteiger partial charge is 0.355 e. The normalized spacial score (nSPS) is 17.2. The molecule has 24 heavy (non-hydrogen) atoms. The van der Waals surface area contributed by atoms with Gasteiger partial charge in [0.25, 0.3) is 0 Å². The van der Waals surface area contributed by atoms with Crippen LogP contribution in [0.1, 0.15) is 22.7 Å². The molecule has 5 nitrogen and oxygen atoms in total. The number of piperazine rings is 1. The average molecular weight is 326 g/mol. The first-order chi connectivity index (χ1) is 11.6. The van der Waals surface area contributed by atoms with Gasteiger partial charge < -0.3 is 21.4 Å². The molecule has 1 fully saturated rings. The number of hydrogen-bond donors (Lipinski definition) is 4. The summed E-state index contributed by atoms with van der Waals surface area (Å²) in [5.74, 6) is -0.324. The smallest absolute Gasteiger partial charge is 0.234 e. The van der Waals surface area contributed by atoms with E-state index in [1.165, 1.54) is 18.3 Å². The Morgan fingerprint density at radius 3 is 2.71 bits per heavy atom. The van der Waals surface area contributed by atoms with E-state index in [1.54, 1.807) is 12.1 Å². The Morgan fingerprint density at radius 2 is 2.04 bits per heavy atom. The lowest BCUT2D eigenvalue weighted by Gasteiger charge is -2.27. The number of anilines is 2. The lowest BCUT2D eigenvalue weighted by Crippen LogP contribution is -2.47. The predicted molar refractivity (Wildman–Crippen MR) is 92.5 cm³/mol. The van der Waals surface area contributed by atoms with Crippen LogP contribution in [-0.4, -0.2) is 25.2 Å². The molecule has 1 amide bonds. The number of carbonyl (C=O) groups is 1. The summed E-state index contributed by atoms with van der Waals surface area (Å²) in [4.78, 5) is 11.6. The Kier molecular flexibility index (Phi) is 4.57. The van der Waals surface area contributed by atoms with Crippen LogP contribution in [0.3, 0.4) is 0 Å². The van der Waals surface area contributed by atoms with E-state index in [0.717, 1.165) is 22.5 Å². The van der Waals surface area contributed by atoms with Gasteiger partial charge >= 0.3 is 0 Å². The van der Waals surface area contributed by atoms with Crippen molar-refractivity contribution in [3.05, 3.63) is 58.9 Å². The minimum Gasteiger partial charge on any atom is -0.355 e. The third kappa shape index (κ3) is 3.44. The van der Waals surface area contributed by atoms with Crippen molar-refractivity contribution in [3.63, 3.8) is 0 Å². The summed E-state index contributed by atoms with van der Waals surface area (Å²) >= 11 is 0. The number of benzene rings is 2. The molecule has 0 aliphatic carbocycles. The van der Waals surface area contributed by atoms with E-state index in [4.69, 9.17) is 5.41 Å². The van der Waals surface area contributed by atoms with Crippen molar-refractivity contribution in [1.82, 2.24) is 10.6 Å². The van der Waals surface area contributed by atoms with Crippen LogP contribution < -0.4 is 16.0 Å². The molecule has 3 rings (SSSR count). The van der Waals surface area contributed by atoms with Gasteiger partial charge in [-0.3, -0.25) is 4.79 Å². The van der Waals surface area contributed by atoms with Gasteiger partial charge in [-0.2, -0.15) is 0 Å². The van der Waals surface area contributed by atoms with Crippen molar-refractivity contribution in [3.8, 4) is 0 Å². The fourth-order valence-corrected chi connectivity index (χ4v) is 2.85. The fourth-order valence-electron chi connectivity index (χ4n) is 2.85. The van der Waals surface area contributed by atoms with E-state index in [1.807, 2.05) is 19.1 Å². The zero-order chi connectivity index (χ0) is 17.1. The maximum Gasteiger partial charge on any atom is 0.234 e. The van der Waals surface area contributed by atoms with Crippen LogP contribution in [0, 0.1) is 18.2 Å². The average Bonchev–Trinajstić information content (AvgIpc) is 2.57. The highest BCUT2D eigenvalue weighted by atomic mass is 19.1. The third-order valence-corrected chi connectivity index (χ3v) is 4.06. The Labute approximate surface area is 139 Å². The SMILES string of the molecule is Cc1cc(Nc2ccc(F)cc2)c(C=N)cc1C1CNCC(=O)N1. The second kappa shape index (κ2) is 6.80. The topological polar surface area (TPSA) is 77.0 Å². The van der Waals surface area contributed by atoms with Crippen LogP contribution in [0.2, 0.25) is 0 Å². The maximum absolute atomic E-state index is 13.0. The van der Waals surface area contributed by atoms with Crippen LogP contribution in [0.15, 0.2) is 36.4 Å². The first kappa shape index (κ1) is 16.1. The number of rotatable bonds is 4. The van der Waals surface area contributed by atoms with Gasteiger partial charge in [-0.15, -0.1) is 0 Å². The van der Waals surface area contributed by atoms with Gasteiger partial charge in [-0.25, -0.2) is 4.39 Å². The number of nitrogens with one attached hydrogen (secondary N) is 4. The summed E-state index contributed by atoms with van der Waals surface area (Å²) in [6.07, 6.45) is 1.27.